The lowest BCUT2D eigenvalue weighted by Crippen LogP contribution is -2.35. The predicted octanol–water partition coefficient (Wildman–Crippen LogP) is 3.09. The van der Waals surface area contributed by atoms with Crippen LogP contribution >= 0.6 is 0 Å². The van der Waals surface area contributed by atoms with Crippen LogP contribution in [0.25, 0.3) is 16.5 Å². The Bertz CT molecular complexity index is 685. The normalized spacial score (nSPS) is 17.2. The van der Waals surface area contributed by atoms with E-state index in [1.807, 2.05) is 0 Å². The van der Waals surface area contributed by atoms with E-state index >= 15 is 0 Å². The molecule has 0 unspecified atom stereocenters. The molecule has 2 nitrogen and oxygen atoms in total. The summed E-state index contributed by atoms with van der Waals surface area (Å²) in [6, 6.07) is 10.8. The number of rotatable bonds is 1. The summed E-state index contributed by atoms with van der Waals surface area (Å²) < 4.78 is 7.75. The van der Waals surface area contributed by atoms with Crippen molar-refractivity contribution in [2.45, 2.75) is 25.8 Å². The number of ether oxygens (including phenoxy) is 1. The van der Waals surface area contributed by atoms with Gasteiger partial charge in [0.2, 0.25) is 11.2 Å². The quantitative estimate of drug-likeness (QED) is 0.696. The van der Waals surface area contributed by atoms with Crippen LogP contribution in [0.4, 0.5) is 0 Å². The standard InChI is InChI=1S/C16H16NO/c1-18-13-6-8-15-11(9-13)5-7-16-14-4-2-3-12(14)10-17(15)16/h5-9H,2-4,10H2,1H3/q+1. The van der Waals surface area contributed by atoms with Crippen molar-refractivity contribution in [2.75, 3.05) is 7.11 Å². The molecule has 0 spiro atoms. The second-order valence-electron chi connectivity index (χ2n) is 5.17. The summed E-state index contributed by atoms with van der Waals surface area (Å²) in [5.41, 5.74) is 6.01. The van der Waals surface area contributed by atoms with E-state index in [0.29, 0.717) is 0 Å². The molecular weight excluding hydrogens is 222 g/mol. The maximum Gasteiger partial charge on any atom is 0.213 e. The van der Waals surface area contributed by atoms with Crippen molar-refractivity contribution >= 4 is 16.5 Å². The van der Waals surface area contributed by atoms with Crippen LogP contribution in [-0.4, -0.2) is 7.11 Å². The van der Waals surface area contributed by atoms with Crippen molar-refractivity contribution in [3.63, 3.8) is 0 Å². The summed E-state index contributed by atoms with van der Waals surface area (Å²) >= 11 is 0. The maximum absolute atomic E-state index is 5.30. The zero-order valence-corrected chi connectivity index (χ0v) is 10.6. The van der Waals surface area contributed by atoms with Crippen molar-refractivity contribution in [1.82, 2.24) is 0 Å². The third-order valence-electron chi connectivity index (χ3n) is 4.23. The van der Waals surface area contributed by atoms with Gasteiger partial charge in [-0.05, 0) is 37.5 Å². The molecule has 0 atom stereocenters. The van der Waals surface area contributed by atoms with Gasteiger partial charge in [0.1, 0.15) is 5.75 Å². The summed E-state index contributed by atoms with van der Waals surface area (Å²) in [6.45, 7) is 1.09. The Kier molecular flexibility index (Phi) is 2.01. The highest BCUT2D eigenvalue weighted by molar-refractivity contribution is 5.80. The number of hydrogen-bond acceptors (Lipinski definition) is 1. The van der Waals surface area contributed by atoms with Crippen molar-refractivity contribution in [3.05, 3.63) is 41.6 Å². The molecule has 0 amide bonds. The van der Waals surface area contributed by atoms with E-state index in [-0.39, 0.29) is 0 Å². The molecule has 0 N–H and O–H groups in total. The van der Waals surface area contributed by atoms with Gasteiger partial charge in [0.05, 0.1) is 12.5 Å². The fourth-order valence-corrected chi connectivity index (χ4v) is 3.34. The molecule has 0 bridgehead atoms. The van der Waals surface area contributed by atoms with Crippen LogP contribution < -0.4 is 9.30 Å². The minimum atomic E-state index is 0.932. The van der Waals surface area contributed by atoms with E-state index in [0.717, 1.165) is 12.3 Å². The molecule has 1 aliphatic heterocycles. The number of pyridine rings is 1. The maximum atomic E-state index is 5.30. The van der Waals surface area contributed by atoms with Crippen molar-refractivity contribution < 1.29 is 9.30 Å². The molecule has 2 aliphatic rings. The van der Waals surface area contributed by atoms with Crippen LogP contribution in [0.1, 0.15) is 25.0 Å². The molecule has 0 saturated heterocycles. The van der Waals surface area contributed by atoms with Crippen molar-refractivity contribution in [2.24, 2.45) is 0 Å². The van der Waals surface area contributed by atoms with E-state index in [1.54, 1.807) is 18.3 Å². The first-order valence-electron chi connectivity index (χ1n) is 6.59. The van der Waals surface area contributed by atoms with Gasteiger partial charge in [0, 0.05) is 23.3 Å². The Balaban J connectivity index is 1.94. The summed E-state index contributed by atoms with van der Waals surface area (Å²) in [6.07, 6.45) is 3.89. The molecule has 90 valence electrons. The average Bonchev–Trinajstić information content (AvgIpc) is 2.98. The lowest BCUT2D eigenvalue weighted by Gasteiger charge is -2.04. The minimum absolute atomic E-state index is 0.932. The third kappa shape index (κ3) is 1.26. The second kappa shape index (κ2) is 3.58. The van der Waals surface area contributed by atoms with E-state index < -0.39 is 0 Å². The van der Waals surface area contributed by atoms with Crippen LogP contribution in [0.15, 0.2) is 35.9 Å². The molecule has 2 aromatic rings. The van der Waals surface area contributed by atoms with E-state index in [4.69, 9.17) is 4.74 Å². The Labute approximate surface area is 107 Å². The number of benzene rings is 1. The van der Waals surface area contributed by atoms with Crippen LogP contribution in [-0.2, 0) is 6.54 Å². The van der Waals surface area contributed by atoms with Gasteiger partial charge in [-0.2, -0.15) is 4.57 Å². The highest BCUT2D eigenvalue weighted by Gasteiger charge is 2.33. The van der Waals surface area contributed by atoms with Gasteiger partial charge in [-0.1, -0.05) is 0 Å². The lowest BCUT2D eigenvalue weighted by molar-refractivity contribution is -0.660. The van der Waals surface area contributed by atoms with Gasteiger partial charge in [0.15, 0.2) is 6.54 Å². The molecule has 1 aliphatic carbocycles. The van der Waals surface area contributed by atoms with Gasteiger partial charge in [-0.15, -0.1) is 0 Å². The minimum Gasteiger partial charge on any atom is -0.497 e. The fraction of sp³-hybridized carbons (Fsp3) is 0.312. The number of aromatic nitrogens is 1. The Morgan fingerprint density at radius 2 is 2.06 bits per heavy atom. The first kappa shape index (κ1) is 10.1. The molecule has 0 radical (unpaired) electrons. The number of allylic oxidation sites excluding steroid dienone is 2. The number of hydrogen-bond donors (Lipinski definition) is 0. The molecule has 0 fully saturated rings. The molecular formula is C16H16NO+. The highest BCUT2D eigenvalue weighted by atomic mass is 16.5. The second-order valence-corrected chi connectivity index (χ2v) is 5.17. The molecule has 2 heterocycles. The zero-order valence-electron chi connectivity index (χ0n) is 10.6. The highest BCUT2D eigenvalue weighted by Crippen LogP contribution is 2.37. The van der Waals surface area contributed by atoms with Crippen molar-refractivity contribution in [1.29, 1.82) is 0 Å². The molecule has 0 saturated carbocycles. The smallest absolute Gasteiger partial charge is 0.213 e. The van der Waals surface area contributed by atoms with Crippen molar-refractivity contribution in [3.8, 4) is 5.75 Å². The number of fused-ring (bicyclic) bond motifs is 4. The molecule has 1 aromatic carbocycles. The fourth-order valence-electron chi connectivity index (χ4n) is 3.34. The van der Waals surface area contributed by atoms with Crippen LogP contribution in [0, 0.1) is 0 Å². The van der Waals surface area contributed by atoms with Crippen LogP contribution in [0.5, 0.6) is 5.75 Å². The Morgan fingerprint density at radius 1 is 1.11 bits per heavy atom. The largest absolute Gasteiger partial charge is 0.497 e. The Hall–Kier alpha value is -1.83. The topological polar surface area (TPSA) is 13.1 Å². The van der Waals surface area contributed by atoms with E-state index in [2.05, 4.69) is 34.9 Å². The molecule has 2 heteroatoms. The third-order valence-corrected chi connectivity index (χ3v) is 4.23. The van der Waals surface area contributed by atoms with Gasteiger partial charge >= 0.3 is 0 Å². The van der Waals surface area contributed by atoms with Gasteiger partial charge in [-0.3, -0.25) is 0 Å². The van der Waals surface area contributed by atoms with Gasteiger partial charge < -0.3 is 4.74 Å². The summed E-state index contributed by atoms with van der Waals surface area (Å²) in [7, 11) is 1.72. The van der Waals surface area contributed by atoms with Crippen LogP contribution in [0.2, 0.25) is 0 Å². The molecule has 4 rings (SSSR count). The first-order valence-corrected chi connectivity index (χ1v) is 6.59. The summed E-state index contributed by atoms with van der Waals surface area (Å²) in [5.74, 6) is 0.932. The number of nitrogens with zero attached hydrogens (tertiary/aromatic N) is 1. The predicted molar refractivity (Wildman–Crippen MR) is 71.5 cm³/mol. The van der Waals surface area contributed by atoms with Gasteiger partial charge in [0.25, 0.3) is 0 Å². The monoisotopic (exact) mass is 238 g/mol. The van der Waals surface area contributed by atoms with Gasteiger partial charge in [-0.25, -0.2) is 0 Å². The number of methoxy groups -OCH3 is 1. The molecule has 1 aromatic heterocycles. The Morgan fingerprint density at radius 3 is 2.94 bits per heavy atom. The van der Waals surface area contributed by atoms with E-state index in [9.17, 15) is 0 Å². The molecule has 18 heavy (non-hydrogen) atoms. The van der Waals surface area contributed by atoms with Crippen LogP contribution in [0.3, 0.4) is 0 Å². The zero-order chi connectivity index (χ0) is 12.1. The lowest BCUT2D eigenvalue weighted by atomic mass is 10.1. The SMILES string of the molecule is COc1ccc2c(ccc3[n+]2CC2=C3CCC2)c1. The summed E-state index contributed by atoms with van der Waals surface area (Å²) in [5, 5.41) is 1.26. The average molecular weight is 238 g/mol. The summed E-state index contributed by atoms with van der Waals surface area (Å²) in [4.78, 5) is 0. The first-order chi connectivity index (χ1) is 8.86. The van der Waals surface area contributed by atoms with E-state index in [1.165, 1.54) is 35.9 Å².